The number of nitrogens with one attached hydrogen (secondary N) is 1. The quantitative estimate of drug-likeness (QED) is 0.699. The minimum Gasteiger partial charge on any atom is -0.507 e. The number of aromatic hydroxyl groups is 1. The number of H-pyrrole nitrogens is 1. The number of para-hydroxylation sites is 1. The van der Waals surface area contributed by atoms with Crippen LogP contribution in [-0.4, -0.2) is 21.1 Å². The third-order valence-corrected chi connectivity index (χ3v) is 1.91. The number of carbonyl (C=O) groups excluding carboxylic acids is 1. The smallest absolute Gasteiger partial charge is 0.199 e. The molecule has 2 N–H and O–H groups in total. The highest BCUT2D eigenvalue weighted by Crippen LogP contribution is 2.18. The highest BCUT2D eigenvalue weighted by atomic mass is 16.3. The molecule has 0 radical (unpaired) electrons. The fourth-order valence-electron chi connectivity index (χ4n) is 1.20. The maximum Gasteiger partial charge on any atom is 0.199 e. The normalized spacial score (nSPS) is 10.0. The van der Waals surface area contributed by atoms with Gasteiger partial charge in [0, 0.05) is 6.20 Å². The highest BCUT2D eigenvalue weighted by molar-refractivity contribution is 6.10. The summed E-state index contributed by atoms with van der Waals surface area (Å²) in [6, 6.07) is 6.42. The molecule has 14 heavy (non-hydrogen) atoms. The van der Waals surface area contributed by atoms with Gasteiger partial charge < -0.3 is 5.11 Å². The molecule has 0 aliphatic carbocycles. The summed E-state index contributed by atoms with van der Waals surface area (Å²) < 4.78 is 0. The number of carbonyl (C=O) groups is 1. The molecule has 4 nitrogen and oxygen atoms in total. The van der Waals surface area contributed by atoms with Gasteiger partial charge in [-0.25, -0.2) is 0 Å². The van der Waals surface area contributed by atoms with Gasteiger partial charge in [0.05, 0.1) is 17.3 Å². The van der Waals surface area contributed by atoms with Crippen LogP contribution in [0.1, 0.15) is 15.9 Å². The molecule has 4 heteroatoms. The van der Waals surface area contributed by atoms with Crippen molar-refractivity contribution < 1.29 is 9.90 Å². The molecule has 0 atom stereocenters. The van der Waals surface area contributed by atoms with Gasteiger partial charge in [-0.1, -0.05) is 12.1 Å². The number of rotatable bonds is 2. The van der Waals surface area contributed by atoms with Gasteiger partial charge in [-0.2, -0.15) is 5.10 Å². The molecule has 70 valence electrons. The first kappa shape index (κ1) is 8.50. The van der Waals surface area contributed by atoms with Crippen molar-refractivity contribution in [2.75, 3.05) is 0 Å². The lowest BCUT2D eigenvalue weighted by Gasteiger charge is -1.99. The van der Waals surface area contributed by atoms with Crippen molar-refractivity contribution in [3.8, 4) is 5.75 Å². The Morgan fingerprint density at radius 3 is 2.79 bits per heavy atom. The van der Waals surface area contributed by atoms with Crippen LogP contribution in [-0.2, 0) is 0 Å². The van der Waals surface area contributed by atoms with E-state index in [0.717, 1.165) is 0 Å². The van der Waals surface area contributed by atoms with Gasteiger partial charge in [0.15, 0.2) is 5.78 Å². The SMILES string of the molecule is O=C(c1cn[nH]c1)c1ccccc1O. The molecule has 0 fully saturated rings. The summed E-state index contributed by atoms with van der Waals surface area (Å²) in [5.74, 6) is -0.254. The number of nitrogens with zero attached hydrogens (tertiary/aromatic N) is 1. The van der Waals surface area contributed by atoms with E-state index in [9.17, 15) is 9.90 Å². The van der Waals surface area contributed by atoms with Crippen LogP contribution in [0.5, 0.6) is 5.75 Å². The number of phenolic OH excluding ortho intramolecular Hbond substituents is 1. The van der Waals surface area contributed by atoms with E-state index in [1.807, 2.05) is 0 Å². The molecule has 0 saturated carbocycles. The first-order chi connectivity index (χ1) is 6.79. The summed E-state index contributed by atoms with van der Waals surface area (Å²) in [7, 11) is 0. The Bertz CT molecular complexity index is 449. The predicted molar refractivity (Wildman–Crippen MR) is 50.1 cm³/mol. The molecule has 0 bridgehead atoms. The van der Waals surface area contributed by atoms with Crippen LogP contribution in [0, 0.1) is 0 Å². The zero-order valence-corrected chi connectivity index (χ0v) is 7.27. The minimum absolute atomic E-state index is 0.0151. The standard InChI is InChI=1S/C10H8N2O2/c13-9-4-2-1-3-8(9)10(14)7-5-11-12-6-7/h1-6,13H,(H,11,12). The molecule has 1 heterocycles. The van der Waals surface area contributed by atoms with E-state index in [1.54, 1.807) is 18.2 Å². The maximum absolute atomic E-state index is 11.7. The van der Waals surface area contributed by atoms with Crippen molar-refractivity contribution in [2.24, 2.45) is 0 Å². The Labute approximate surface area is 80.2 Å². The van der Waals surface area contributed by atoms with Crippen LogP contribution in [0.25, 0.3) is 0 Å². The van der Waals surface area contributed by atoms with Crippen molar-refractivity contribution in [1.82, 2.24) is 10.2 Å². The van der Waals surface area contributed by atoms with E-state index in [-0.39, 0.29) is 17.1 Å². The van der Waals surface area contributed by atoms with Crippen LogP contribution in [0.4, 0.5) is 0 Å². The summed E-state index contributed by atoms with van der Waals surface area (Å²) in [5.41, 5.74) is 0.723. The second-order valence-electron chi connectivity index (χ2n) is 2.83. The number of aromatic amines is 1. The number of benzene rings is 1. The molecule has 2 aromatic rings. The van der Waals surface area contributed by atoms with E-state index in [0.29, 0.717) is 5.56 Å². The highest BCUT2D eigenvalue weighted by Gasteiger charge is 2.12. The first-order valence-electron chi connectivity index (χ1n) is 4.10. The van der Waals surface area contributed by atoms with Crippen LogP contribution >= 0.6 is 0 Å². The number of ketones is 1. The van der Waals surface area contributed by atoms with Crippen molar-refractivity contribution in [2.45, 2.75) is 0 Å². The molecule has 0 aliphatic rings. The number of hydrogen-bond donors (Lipinski definition) is 2. The van der Waals surface area contributed by atoms with Crippen LogP contribution < -0.4 is 0 Å². The molecule has 1 aromatic heterocycles. The average Bonchev–Trinajstić information content (AvgIpc) is 2.70. The van der Waals surface area contributed by atoms with Crippen molar-refractivity contribution in [1.29, 1.82) is 0 Å². The molecular weight excluding hydrogens is 180 g/mol. The van der Waals surface area contributed by atoms with Crippen molar-refractivity contribution >= 4 is 5.78 Å². The third-order valence-electron chi connectivity index (χ3n) is 1.91. The van der Waals surface area contributed by atoms with Crippen molar-refractivity contribution in [3.05, 3.63) is 47.8 Å². The lowest BCUT2D eigenvalue weighted by Crippen LogP contribution is -1.99. The maximum atomic E-state index is 11.7. The third kappa shape index (κ3) is 1.37. The van der Waals surface area contributed by atoms with E-state index in [4.69, 9.17) is 0 Å². The first-order valence-corrected chi connectivity index (χ1v) is 4.10. The van der Waals surface area contributed by atoms with Gasteiger partial charge in [-0.15, -0.1) is 0 Å². The predicted octanol–water partition coefficient (Wildman–Crippen LogP) is 1.35. The number of phenols is 1. The molecular formula is C10H8N2O2. The molecule has 2 rings (SSSR count). The number of aromatic nitrogens is 2. The second-order valence-corrected chi connectivity index (χ2v) is 2.83. The molecule has 0 amide bonds. The zero-order valence-electron chi connectivity index (χ0n) is 7.27. The largest absolute Gasteiger partial charge is 0.507 e. The number of hydrogen-bond acceptors (Lipinski definition) is 3. The van der Waals surface area contributed by atoms with Crippen molar-refractivity contribution in [3.63, 3.8) is 0 Å². The van der Waals surface area contributed by atoms with Crippen LogP contribution in [0.3, 0.4) is 0 Å². The summed E-state index contributed by atoms with van der Waals surface area (Å²) in [6.07, 6.45) is 2.92. The molecule has 0 unspecified atom stereocenters. The molecule has 1 aromatic carbocycles. The molecule has 0 aliphatic heterocycles. The Morgan fingerprint density at radius 2 is 2.14 bits per heavy atom. The summed E-state index contributed by atoms with van der Waals surface area (Å²) in [4.78, 5) is 11.7. The molecule has 0 saturated heterocycles. The average molecular weight is 188 g/mol. The van der Waals surface area contributed by atoms with E-state index >= 15 is 0 Å². The minimum atomic E-state index is -0.239. The van der Waals surface area contributed by atoms with Crippen LogP contribution in [0.15, 0.2) is 36.7 Å². The van der Waals surface area contributed by atoms with Gasteiger partial charge in [-0.05, 0) is 12.1 Å². The van der Waals surface area contributed by atoms with Gasteiger partial charge in [0.1, 0.15) is 5.75 Å². The van der Waals surface area contributed by atoms with Crippen LogP contribution in [0.2, 0.25) is 0 Å². The van der Waals surface area contributed by atoms with E-state index in [1.165, 1.54) is 18.5 Å². The lowest BCUT2D eigenvalue weighted by atomic mass is 10.1. The van der Waals surface area contributed by atoms with Gasteiger partial charge in [0.2, 0.25) is 0 Å². The topological polar surface area (TPSA) is 66.0 Å². The zero-order chi connectivity index (χ0) is 9.97. The van der Waals surface area contributed by atoms with Gasteiger partial charge in [-0.3, -0.25) is 9.89 Å². The fraction of sp³-hybridized carbons (Fsp3) is 0. The summed E-state index contributed by atoms with van der Waals surface area (Å²) in [5, 5.41) is 15.6. The monoisotopic (exact) mass is 188 g/mol. The van der Waals surface area contributed by atoms with E-state index in [2.05, 4.69) is 10.2 Å². The Kier molecular flexibility index (Phi) is 2.02. The fourth-order valence-corrected chi connectivity index (χ4v) is 1.20. The van der Waals surface area contributed by atoms with Gasteiger partial charge in [0.25, 0.3) is 0 Å². The van der Waals surface area contributed by atoms with Gasteiger partial charge >= 0.3 is 0 Å². The van der Waals surface area contributed by atoms with E-state index < -0.39 is 0 Å². The summed E-state index contributed by atoms with van der Waals surface area (Å²) in [6.45, 7) is 0. The summed E-state index contributed by atoms with van der Waals surface area (Å²) >= 11 is 0. The Morgan fingerprint density at radius 1 is 1.36 bits per heavy atom. The Balaban J connectivity index is 2.42. The Hall–Kier alpha value is -2.10. The second kappa shape index (κ2) is 3.33. The lowest BCUT2D eigenvalue weighted by molar-refractivity contribution is 0.103. The molecule has 0 spiro atoms.